The van der Waals surface area contributed by atoms with E-state index in [-0.39, 0.29) is 18.9 Å². The SMILES string of the molecule is COC.NC(=O)C1=CN(C2CCC(COC(=O)/C=C/C=O)O2)C=CC1. The van der Waals surface area contributed by atoms with E-state index in [1.54, 1.807) is 25.3 Å². The minimum atomic E-state index is -0.576. The molecule has 1 fully saturated rings. The molecule has 8 nitrogen and oxygen atoms in total. The molecule has 0 radical (unpaired) electrons. The lowest BCUT2D eigenvalue weighted by atomic mass is 10.1. The van der Waals surface area contributed by atoms with Gasteiger partial charge < -0.3 is 24.8 Å². The summed E-state index contributed by atoms with van der Waals surface area (Å²) in [5, 5.41) is 0. The maximum absolute atomic E-state index is 11.3. The van der Waals surface area contributed by atoms with Crippen molar-refractivity contribution in [3.63, 3.8) is 0 Å². The van der Waals surface area contributed by atoms with Crippen LogP contribution in [0.4, 0.5) is 0 Å². The molecule has 0 bridgehead atoms. The van der Waals surface area contributed by atoms with Gasteiger partial charge in [0, 0.05) is 38.3 Å². The van der Waals surface area contributed by atoms with Crippen LogP contribution in [-0.2, 0) is 28.6 Å². The summed E-state index contributed by atoms with van der Waals surface area (Å²) < 4.78 is 15.0. The predicted octanol–water partition coefficient (Wildman–Crippen LogP) is 0.641. The number of nitrogens with two attached hydrogens (primary N) is 1. The lowest BCUT2D eigenvalue weighted by Crippen LogP contribution is -2.30. The molecule has 1 amide bonds. The molecule has 2 heterocycles. The predicted molar refractivity (Wildman–Crippen MR) is 89.9 cm³/mol. The third kappa shape index (κ3) is 7.32. The van der Waals surface area contributed by atoms with Crippen LogP contribution in [0.3, 0.4) is 0 Å². The molecule has 2 aliphatic rings. The zero-order chi connectivity index (χ0) is 18.7. The Labute approximate surface area is 146 Å². The standard InChI is InChI=1S/C15H18N2O5.C2H6O/c16-15(20)11-3-1-7-17(9-11)13-6-5-12(22-13)10-21-14(19)4-2-8-18;1-3-2/h1-2,4,7-9,12-13H,3,5-6,10H2,(H2,16,20);1-2H3/b4-2+;. The number of aldehydes is 1. The minimum Gasteiger partial charge on any atom is -0.460 e. The Kier molecular flexibility index (Phi) is 9.20. The van der Waals surface area contributed by atoms with Gasteiger partial charge in [-0.3, -0.25) is 9.59 Å². The molecular weight excluding hydrogens is 328 g/mol. The number of methoxy groups -OCH3 is 1. The Morgan fingerprint density at radius 1 is 1.40 bits per heavy atom. The first-order chi connectivity index (χ1) is 12.0. The number of esters is 1. The van der Waals surface area contributed by atoms with Gasteiger partial charge in [0.1, 0.15) is 19.1 Å². The quantitative estimate of drug-likeness (QED) is 0.424. The van der Waals surface area contributed by atoms with Crippen LogP contribution in [0.2, 0.25) is 0 Å². The molecule has 0 aromatic rings. The Balaban J connectivity index is 0.000000970. The molecule has 2 rings (SSSR count). The van der Waals surface area contributed by atoms with E-state index in [9.17, 15) is 14.4 Å². The van der Waals surface area contributed by atoms with Crippen LogP contribution in [0.1, 0.15) is 19.3 Å². The second-order valence-corrected chi connectivity index (χ2v) is 5.38. The fourth-order valence-corrected chi connectivity index (χ4v) is 2.29. The van der Waals surface area contributed by atoms with Crippen molar-refractivity contribution in [1.82, 2.24) is 4.90 Å². The lowest BCUT2D eigenvalue weighted by molar-refractivity contribution is -0.143. The third-order valence-electron chi connectivity index (χ3n) is 3.38. The number of primary amides is 1. The maximum atomic E-state index is 11.3. The van der Waals surface area contributed by atoms with E-state index < -0.39 is 11.9 Å². The number of hydrogen-bond acceptors (Lipinski definition) is 7. The first kappa shape index (κ1) is 20.6. The largest absolute Gasteiger partial charge is 0.460 e. The number of amides is 1. The highest BCUT2D eigenvalue weighted by atomic mass is 16.6. The van der Waals surface area contributed by atoms with Gasteiger partial charge in [0.05, 0.1) is 6.10 Å². The van der Waals surface area contributed by atoms with Crippen molar-refractivity contribution in [3.05, 3.63) is 36.2 Å². The van der Waals surface area contributed by atoms with Crippen molar-refractivity contribution in [2.45, 2.75) is 31.6 Å². The molecule has 138 valence electrons. The molecule has 0 aromatic carbocycles. The fraction of sp³-hybridized carbons (Fsp3) is 0.471. The van der Waals surface area contributed by atoms with Crippen molar-refractivity contribution < 1.29 is 28.6 Å². The number of ether oxygens (including phenoxy) is 3. The molecule has 1 saturated heterocycles. The van der Waals surface area contributed by atoms with Crippen LogP contribution in [0, 0.1) is 0 Å². The summed E-state index contributed by atoms with van der Waals surface area (Å²) in [6.07, 6.45) is 9.62. The van der Waals surface area contributed by atoms with Crippen LogP contribution in [0.15, 0.2) is 36.2 Å². The zero-order valence-electron chi connectivity index (χ0n) is 14.4. The highest BCUT2D eigenvalue weighted by Gasteiger charge is 2.30. The van der Waals surface area contributed by atoms with Crippen LogP contribution < -0.4 is 5.73 Å². The van der Waals surface area contributed by atoms with Gasteiger partial charge in [0.25, 0.3) is 0 Å². The summed E-state index contributed by atoms with van der Waals surface area (Å²) in [5.74, 6) is -1.02. The molecule has 0 saturated carbocycles. The van der Waals surface area contributed by atoms with Gasteiger partial charge >= 0.3 is 5.97 Å². The van der Waals surface area contributed by atoms with Gasteiger partial charge in [-0.1, -0.05) is 6.08 Å². The molecule has 2 aliphatic heterocycles. The molecule has 2 atom stereocenters. The Morgan fingerprint density at radius 2 is 2.12 bits per heavy atom. The molecule has 0 aliphatic carbocycles. The highest BCUT2D eigenvalue weighted by molar-refractivity contribution is 5.92. The van der Waals surface area contributed by atoms with Gasteiger partial charge in [-0.05, 0) is 25.3 Å². The van der Waals surface area contributed by atoms with E-state index in [4.69, 9.17) is 15.2 Å². The number of carbonyl (C=O) groups is 3. The van der Waals surface area contributed by atoms with Crippen LogP contribution in [-0.4, -0.2) is 56.2 Å². The average Bonchev–Trinajstić information content (AvgIpc) is 3.08. The van der Waals surface area contributed by atoms with Crippen molar-refractivity contribution in [3.8, 4) is 0 Å². The second kappa shape index (κ2) is 11.2. The van der Waals surface area contributed by atoms with E-state index in [2.05, 4.69) is 4.74 Å². The smallest absolute Gasteiger partial charge is 0.330 e. The van der Waals surface area contributed by atoms with Crippen LogP contribution in [0.25, 0.3) is 0 Å². The summed E-state index contributed by atoms with van der Waals surface area (Å²) in [6, 6.07) is 0. The summed E-state index contributed by atoms with van der Waals surface area (Å²) in [4.78, 5) is 34.4. The Morgan fingerprint density at radius 3 is 2.76 bits per heavy atom. The Bertz CT molecular complexity index is 555. The first-order valence-corrected chi connectivity index (χ1v) is 7.80. The van der Waals surface area contributed by atoms with E-state index in [1.165, 1.54) is 0 Å². The number of carbonyl (C=O) groups excluding carboxylic acids is 3. The van der Waals surface area contributed by atoms with Crippen molar-refractivity contribution in [2.75, 3.05) is 20.8 Å². The monoisotopic (exact) mass is 352 g/mol. The van der Waals surface area contributed by atoms with Crippen molar-refractivity contribution in [2.24, 2.45) is 5.73 Å². The normalized spacial score (nSPS) is 22.2. The molecular formula is C17H24N2O6. The zero-order valence-corrected chi connectivity index (χ0v) is 14.4. The van der Waals surface area contributed by atoms with Gasteiger partial charge in [-0.25, -0.2) is 4.79 Å². The highest BCUT2D eigenvalue weighted by Crippen LogP contribution is 2.26. The first-order valence-electron chi connectivity index (χ1n) is 7.80. The van der Waals surface area contributed by atoms with Gasteiger partial charge in [0.15, 0.2) is 0 Å². The third-order valence-corrected chi connectivity index (χ3v) is 3.38. The van der Waals surface area contributed by atoms with E-state index in [0.29, 0.717) is 18.3 Å². The van der Waals surface area contributed by atoms with E-state index in [1.807, 2.05) is 12.3 Å². The fourth-order valence-electron chi connectivity index (χ4n) is 2.29. The lowest BCUT2D eigenvalue weighted by Gasteiger charge is -2.27. The van der Waals surface area contributed by atoms with Crippen molar-refractivity contribution in [1.29, 1.82) is 0 Å². The second-order valence-electron chi connectivity index (χ2n) is 5.38. The minimum absolute atomic E-state index is 0.127. The molecule has 8 heteroatoms. The molecule has 0 aromatic heterocycles. The maximum Gasteiger partial charge on any atom is 0.330 e. The molecule has 2 unspecified atom stereocenters. The van der Waals surface area contributed by atoms with E-state index in [0.717, 1.165) is 25.0 Å². The Hall–Kier alpha value is -2.45. The molecule has 0 spiro atoms. The number of hydrogen-bond donors (Lipinski definition) is 1. The summed E-state index contributed by atoms with van der Waals surface area (Å²) >= 11 is 0. The topological polar surface area (TPSA) is 108 Å². The summed E-state index contributed by atoms with van der Waals surface area (Å²) in [6.45, 7) is 0.127. The summed E-state index contributed by atoms with van der Waals surface area (Å²) in [7, 11) is 3.25. The van der Waals surface area contributed by atoms with Gasteiger partial charge in [-0.15, -0.1) is 0 Å². The summed E-state index contributed by atoms with van der Waals surface area (Å²) in [5.41, 5.74) is 5.81. The van der Waals surface area contributed by atoms with Gasteiger partial charge in [-0.2, -0.15) is 0 Å². The van der Waals surface area contributed by atoms with E-state index >= 15 is 0 Å². The molecule has 25 heavy (non-hydrogen) atoms. The van der Waals surface area contributed by atoms with Crippen molar-refractivity contribution >= 4 is 18.2 Å². The van der Waals surface area contributed by atoms with Gasteiger partial charge in [0.2, 0.25) is 5.91 Å². The van der Waals surface area contributed by atoms with Crippen LogP contribution >= 0.6 is 0 Å². The number of rotatable bonds is 6. The average molecular weight is 352 g/mol. The van der Waals surface area contributed by atoms with Crippen LogP contribution in [0.5, 0.6) is 0 Å². The molecule has 2 N–H and O–H groups in total. The number of allylic oxidation sites excluding steroid dienone is 2. The number of nitrogens with zero attached hydrogens (tertiary/aromatic N) is 1.